The van der Waals surface area contributed by atoms with Crippen LogP contribution in [-0.2, 0) is 0 Å². The maximum absolute atomic E-state index is 14.0. The van der Waals surface area contributed by atoms with Crippen LogP contribution < -0.4 is 10.2 Å². The smallest absolute Gasteiger partial charge is 0.157 e. The average molecular weight is 248 g/mol. The van der Waals surface area contributed by atoms with Crippen molar-refractivity contribution in [2.24, 2.45) is 0 Å². The summed E-state index contributed by atoms with van der Waals surface area (Å²) in [6, 6.07) is 1.60. The maximum Gasteiger partial charge on any atom is 0.157 e. The lowest BCUT2D eigenvalue weighted by Crippen LogP contribution is -2.43. The van der Waals surface area contributed by atoms with Gasteiger partial charge in [0.25, 0.3) is 0 Å². The number of nitrogens with zero attached hydrogens (tertiary/aromatic N) is 1. The van der Waals surface area contributed by atoms with Crippen molar-refractivity contribution in [3.05, 3.63) is 29.3 Å². The van der Waals surface area contributed by atoms with Crippen LogP contribution in [0.25, 0.3) is 11.0 Å². The molecule has 3 rings (SSSR count). The third kappa shape index (κ3) is 1.68. The topological polar surface area (TPSA) is 28.4 Å². The molecule has 4 heteroatoms. The number of rotatable bonds is 1. The number of furan rings is 1. The SMILES string of the molecule is Cc1coc2c(N3CCNCC3)cc(F)c(C)c12. The summed E-state index contributed by atoms with van der Waals surface area (Å²) in [6.07, 6.45) is 1.71. The molecule has 1 aromatic heterocycles. The van der Waals surface area contributed by atoms with E-state index in [0.29, 0.717) is 5.56 Å². The molecular formula is C14H17FN2O. The Balaban J connectivity index is 2.19. The second kappa shape index (κ2) is 4.28. The second-order valence-corrected chi connectivity index (χ2v) is 4.86. The van der Waals surface area contributed by atoms with E-state index in [1.165, 1.54) is 0 Å². The third-order valence-electron chi connectivity index (χ3n) is 3.66. The zero-order valence-electron chi connectivity index (χ0n) is 10.7. The van der Waals surface area contributed by atoms with Crippen molar-refractivity contribution in [3.63, 3.8) is 0 Å². The van der Waals surface area contributed by atoms with Crippen LogP contribution in [-0.4, -0.2) is 26.2 Å². The van der Waals surface area contributed by atoms with Gasteiger partial charge in [0.15, 0.2) is 5.58 Å². The Bertz CT molecular complexity index is 585. The maximum atomic E-state index is 14.0. The van der Waals surface area contributed by atoms with Gasteiger partial charge < -0.3 is 14.6 Å². The van der Waals surface area contributed by atoms with Crippen LogP contribution in [0, 0.1) is 19.7 Å². The Morgan fingerprint density at radius 3 is 2.72 bits per heavy atom. The van der Waals surface area contributed by atoms with E-state index in [1.807, 2.05) is 13.8 Å². The first kappa shape index (κ1) is 11.5. The first-order valence-corrected chi connectivity index (χ1v) is 6.31. The highest BCUT2D eigenvalue weighted by atomic mass is 19.1. The predicted molar refractivity (Wildman–Crippen MR) is 70.7 cm³/mol. The molecule has 0 spiro atoms. The van der Waals surface area contributed by atoms with E-state index < -0.39 is 0 Å². The Morgan fingerprint density at radius 1 is 1.28 bits per heavy atom. The fourth-order valence-electron chi connectivity index (χ4n) is 2.65. The molecule has 0 saturated carbocycles. The zero-order chi connectivity index (χ0) is 12.7. The molecule has 2 heterocycles. The molecule has 2 aromatic rings. The minimum absolute atomic E-state index is 0.152. The molecule has 1 aromatic carbocycles. The minimum atomic E-state index is -0.152. The number of halogens is 1. The van der Waals surface area contributed by atoms with Crippen molar-refractivity contribution >= 4 is 16.7 Å². The van der Waals surface area contributed by atoms with Crippen molar-refractivity contribution < 1.29 is 8.81 Å². The second-order valence-electron chi connectivity index (χ2n) is 4.86. The van der Waals surface area contributed by atoms with Crippen LogP contribution in [0.1, 0.15) is 11.1 Å². The van der Waals surface area contributed by atoms with Gasteiger partial charge in [-0.05, 0) is 25.0 Å². The number of fused-ring (bicyclic) bond motifs is 1. The molecule has 1 aliphatic heterocycles. The lowest BCUT2D eigenvalue weighted by Gasteiger charge is -2.29. The Labute approximate surface area is 106 Å². The molecule has 96 valence electrons. The first-order chi connectivity index (χ1) is 8.68. The standard InChI is InChI=1S/C14H17FN2O/c1-9-8-18-14-12(17-5-3-16-4-6-17)7-11(15)10(2)13(9)14/h7-8,16H,3-6H2,1-2H3. The van der Waals surface area contributed by atoms with Crippen LogP contribution in [0.5, 0.6) is 0 Å². The van der Waals surface area contributed by atoms with Crippen LogP contribution >= 0.6 is 0 Å². The van der Waals surface area contributed by atoms with E-state index in [-0.39, 0.29) is 5.82 Å². The van der Waals surface area contributed by atoms with Crippen LogP contribution in [0.2, 0.25) is 0 Å². The summed E-state index contributed by atoms with van der Waals surface area (Å²) < 4.78 is 19.7. The van der Waals surface area contributed by atoms with E-state index >= 15 is 0 Å². The Morgan fingerprint density at radius 2 is 2.00 bits per heavy atom. The fourth-order valence-corrected chi connectivity index (χ4v) is 2.65. The lowest BCUT2D eigenvalue weighted by atomic mass is 10.1. The highest BCUT2D eigenvalue weighted by Gasteiger charge is 2.19. The summed E-state index contributed by atoms with van der Waals surface area (Å²) in [5, 5.41) is 4.22. The molecule has 1 N–H and O–H groups in total. The number of hydrogen-bond donors (Lipinski definition) is 1. The molecule has 1 fully saturated rings. The average Bonchev–Trinajstić information content (AvgIpc) is 2.77. The normalized spacial score (nSPS) is 16.5. The quantitative estimate of drug-likeness (QED) is 0.841. The number of nitrogens with one attached hydrogen (secondary N) is 1. The number of hydrogen-bond acceptors (Lipinski definition) is 3. The molecule has 0 unspecified atom stereocenters. The third-order valence-corrected chi connectivity index (χ3v) is 3.66. The number of benzene rings is 1. The van der Waals surface area contributed by atoms with Crippen LogP contribution in [0.4, 0.5) is 10.1 Å². The van der Waals surface area contributed by atoms with Gasteiger partial charge in [0.1, 0.15) is 5.82 Å². The number of aryl methyl sites for hydroxylation is 2. The van der Waals surface area contributed by atoms with Gasteiger partial charge in [-0.15, -0.1) is 0 Å². The lowest BCUT2D eigenvalue weighted by molar-refractivity contribution is 0.573. The van der Waals surface area contributed by atoms with Crippen molar-refractivity contribution in [1.82, 2.24) is 5.32 Å². The molecule has 18 heavy (non-hydrogen) atoms. The summed E-state index contributed by atoms with van der Waals surface area (Å²) in [5.74, 6) is -0.152. The predicted octanol–water partition coefficient (Wildman–Crippen LogP) is 2.60. The minimum Gasteiger partial charge on any atom is -0.462 e. The van der Waals surface area contributed by atoms with E-state index in [4.69, 9.17) is 4.42 Å². The summed E-state index contributed by atoms with van der Waals surface area (Å²) in [7, 11) is 0. The van der Waals surface area contributed by atoms with Crippen LogP contribution in [0.3, 0.4) is 0 Å². The highest BCUT2D eigenvalue weighted by Crippen LogP contribution is 2.34. The first-order valence-electron chi connectivity index (χ1n) is 6.31. The van der Waals surface area contributed by atoms with E-state index in [0.717, 1.165) is 48.4 Å². The monoisotopic (exact) mass is 248 g/mol. The highest BCUT2D eigenvalue weighted by molar-refractivity contribution is 5.94. The van der Waals surface area contributed by atoms with E-state index in [9.17, 15) is 4.39 Å². The molecule has 3 nitrogen and oxygen atoms in total. The summed E-state index contributed by atoms with van der Waals surface area (Å²) in [6.45, 7) is 7.39. The van der Waals surface area contributed by atoms with Gasteiger partial charge in [0.05, 0.1) is 12.0 Å². The van der Waals surface area contributed by atoms with Gasteiger partial charge in [-0.3, -0.25) is 0 Å². The van der Waals surface area contributed by atoms with Crippen molar-refractivity contribution in [3.8, 4) is 0 Å². The van der Waals surface area contributed by atoms with Gasteiger partial charge in [-0.25, -0.2) is 4.39 Å². The van der Waals surface area contributed by atoms with E-state index in [2.05, 4.69) is 10.2 Å². The summed E-state index contributed by atoms with van der Waals surface area (Å²) in [4.78, 5) is 2.18. The fraction of sp³-hybridized carbons (Fsp3) is 0.429. The summed E-state index contributed by atoms with van der Waals surface area (Å²) >= 11 is 0. The zero-order valence-corrected chi connectivity index (χ0v) is 10.7. The molecule has 1 aliphatic rings. The summed E-state index contributed by atoms with van der Waals surface area (Å²) in [5.41, 5.74) is 3.37. The van der Waals surface area contributed by atoms with Gasteiger partial charge in [-0.1, -0.05) is 0 Å². The molecule has 1 saturated heterocycles. The Kier molecular flexibility index (Phi) is 2.74. The van der Waals surface area contributed by atoms with Gasteiger partial charge in [0.2, 0.25) is 0 Å². The molecule has 0 amide bonds. The van der Waals surface area contributed by atoms with Crippen molar-refractivity contribution in [2.45, 2.75) is 13.8 Å². The van der Waals surface area contributed by atoms with Gasteiger partial charge in [-0.2, -0.15) is 0 Å². The molecule has 0 bridgehead atoms. The molecule has 0 atom stereocenters. The van der Waals surface area contributed by atoms with Gasteiger partial charge in [0, 0.05) is 37.6 Å². The van der Waals surface area contributed by atoms with Crippen molar-refractivity contribution in [2.75, 3.05) is 31.1 Å². The van der Waals surface area contributed by atoms with Crippen LogP contribution in [0.15, 0.2) is 16.7 Å². The number of piperazine rings is 1. The van der Waals surface area contributed by atoms with Crippen molar-refractivity contribution in [1.29, 1.82) is 0 Å². The molecular weight excluding hydrogens is 231 g/mol. The largest absolute Gasteiger partial charge is 0.462 e. The van der Waals surface area contributed by atoms with E-state index in [1.54, 1.807) is 12.3 Å². The Hall–Kier alpha value is -1.55. The molecule has 0 aliphatic carbocycles. The number of anilines is 1. The van der Waals surface area contributed by atoms with Gasteiger partial charge >= 0.3 is 0 Å². The molecule has 0 radical (unpaired) electrons.